The minimum Gasteiger partial charge on any atom is -0.726 e. The molecule has 0 aromatic rings. The third-order valence-corrected chi connectivity index (χ3v) is 12.5. The molecule has 0 aromatic heterocycles. The summed E-state index contributed by atoms with van der Waals surface area (Å²) in [7, 11) is -19.4. The number of nitrogens with one attached hydrogen (secondary N) is 2. The van der Waals surface area contributed by atoms with E-state index in [0.29, 0.717) is 5.92 Å². The largest absolute Gasteiger partial charge is 0.726 e. The molecule has 2 amide bonds. The predicted octanol–water partition coefficient (Wildman–Crippen LogP) is -10.3. The van der Waals surface area contributed by atoms with Crippen LogP contribution in [0.15, 0.2) is 0 Å². The van der Waals surface area contributed by atoms with Crippen LogP contribution in [0.1, 0.15) is 95.4 Å². The first kappa shape index (κ1) is 95.2. The smallest absolute Gasteiger partial charge is 0.218 e. The SMILES string of the molecule is C.C.C.C.CC(=O)NC1COC(COS(=O)(=O)[O-])C[C@H]1O.CC(=O)NC1COC(COS(=O)(=O)[O-])C[C@H]1O.C[C@@H]1C(C(=O)[O-])OCC(OS(=O)(=O)[O-])[C@@H]1O.O.O.O.O.O=C([O-])C1C[C@@H](O)C(OS(=O)(=O)[O-])CO1.OCC1CCC[C@H](O)C1. The average Bonchev–Trinajstić information content (AvgIpc) is 3.25. The maximum absolute atomic E-state index is 10.8. The van der Waals surface area contributed by atoms with Crippen LogP contribution in [-0.2, 0) is 96.5 Å². The Morgan fingerprint density at radius 3 is 1.26 bits per heavy atom. The average molecular weight is 1300 g/mol. The van der Waals surface area contributed by atoms with Crippen molar-refractivity contribution in [2.24, 2.45) is 11.8 Å². The van der Waals surface area contributed by atoms with Crippen LogP contribution in [0.3, 0.4) is 0 Å². The van der Waals surface area contributed by atoms with Gasteiger partial charge in [0.15, 0.2) is 0 Å². The monoisotopic (exact) mass is 1300 g/mol. The number of carbonyl (C=O) groups is 4. The first-order valence-corrected chi connectivity index (χ1v) is 27.2. The van der Waals surface area contributed by atoms with Gasteiger partial charge in [-0.25, -0.2) is 33.7 Å². The Balaban J connectivity index is -0.000000137. The standard InChI is InChI=1S/2C8H15NO7S.C7H12O8S.C7H14O2.C6H10O8S.4CH4.4H2O/c2*1-5(10)9-7-4-15-6(2-8(7)11)3-16-17(12,13)14;1-3-5(8)4(15-16(11,12)13)2-14-6(3)7(9)10;8-5-6-2-1-3-7(9)4-6;7-3-1-4(6(8)9)13-2-5(3)14-15(10,11)12;;;;;;;;/h2*6-8,11H,2-4H2,1H3,(H,9,10)(H,12,13,14);3-6,8H,2H2,1H3,(H,9,10)(H,11,12,13);6-9H,1-5H2;3-5,7H,1-2H2,(H,8,9)(H,10,11,12);4*1H4;4*1H2/p-6/t2*6?,7?,8-;3-,4?,5+,6?;6?,7-;3-,4?,5?;;;;;;;;/m11001......../s1. The Kier molecular flexibility index (Phi) is 51.4. The zero-order valence-electron chi connectivity index (χ0n) is 41.5. The van der Waals surface area contributed by atoms with E-state index in [9.17, 15) is 102 Å². The summed E-state index contributed by atoms with van der Waals surface area (Å²) in [5.74, 6) is -4.20. The van der Waals surface area contributed by atoms with Gasteiger partial charge in [-0.3, -0.25) is 26.3 Å². The zero-order valence-corrected chi connectivity index (χ0v) is 44.8. The molecule has 16 N–H and O–H groups in total. The molecule has 15 atom stereocenters. The van der Waals surface area contributed by atoms with Crippen molar-refractivity contribution in [1.29, 1.82) is 0 Å². The summed E-state index contributed by atoms with van der Waals surface area (Å²) in [5, 5.41) is 81.7. The van der Waals surface area contributed by atoms with Crippen molar-refractivity contribution >= 4 is 65.3 Å². The second-order valence-electron chi connectivity index (χ2n) is 16.8. The number of hydrogen-bond acceptors (Lipinski definition) is 32. The highest BCUT2D eigenvalue weighted by atomic mass is 32.3. The molecule has 5 aliphatic rings. The third-order valence-electron chi connectivity index (χ3n) is 10.7. The van der Waals surface area contributed by atoms with Gasteiger partial charge in [0.05, 0.1) is 112 Å². The highest BCUT2D eigenvalue weighted by molar-refractivity contribution is 7.81. The molecular formula is C40H84N2O36S4-6. The van der Waals surface area contributed by atoms with Crippen LogP contribution in [-0.4, -0.2) is 254 Å². The van der Waals surface area contributed by atoms with Gasteiger partial charge in [-0.05, 0) is 25.2 Å². The van der Waals surface area contributed by atoms with Gasteiger partial charge in [0.2, 0.25) is 53.4 Å². The molecule has 0 aromatic carbocycles. The van der Waals surface area contributed by atoms with Gasteiger partial charge in [-0.15, -0.1) is 0 Å². The lowest BCUT2D eigenvalue weighted by Crippen LogP contribution is -2.55. The number of rotatable bonds is 15. The summed E-state index contributed by atoms with van der Waals surface area (Å²) >= 11 is 0. The fraction of sp³-hybridized carbons (Fsp3) is 0.900. The van der Waals surface area contributed by atoms with E-state index >= 15 is 0 Å². The number of carboxylic acid groups (broad SMARTS) is 2. The molecule has 4 heterocycles. The second-order valence-corrected chi connectivity index (χ2v) is 21.0. The first-order chi connectivity index (χ1) is 33.9. The topological polar surface area (TPSA) is 688 Å². The molecule has 9 unspecified atom stereocenters. The van der Waals surface area contributed by atoms with E-state index in [-0.39, 0.29) is 109 Å². The number of aliphatic carboxylic acids is 2. The molecule has 1 saturated carbocycles. The molecule has 42 heteroatoms. The van der Waals surface area contributed by atoms with E-state index in [0.717, 1.165) is 25.7 Å². The lowest BCUT2D eigenvalue weighted by molar-refractivity contribution is -0.324. The summed E-state index contributed by atoms with van der Waals surface area (Å²) in [4.78, 5) is 42.4. The normalized spacial score (nSPS) is 29.4. The van der Waals surface area contributed by atoms with Gasteiger partial charge in [0.1, 0.15) is 18.3 Å². The van der Waals surface area contributed by atoms with Crippen LogP contribution < -0.4 is 20.8 Å². The van der Waals surface area contributed by atoms with Gasteiger partial charge < -0.3 is 120 Å². The van der Waals surface area contributed by atoms with E-state index in [1.54, 1.807) is 0 Å². The number of amides is 2. The molecule has 38 nitrogen and oxygen atoms in total. The molecule has 4 aliphatic heterocycles. The molecule has 0 spiro atoms. The number of carbonyl (C=O) groups excluding carboxylic acids is 4. The van der Waals surface area contributed by atoms with E-state index in [4.69, 9.17) is 24.4 Å². The zero-order chi connectivity index (χ0) is 56.9. The number of ether oxygens (including phenoxy) is 4. The maximum atomic E-state index is 10.8. The molecule has 500 valence electrons. The molecule has 82 heavy (non-hydrogen) atoms. The van der Waals surface area contributed by atoms with E-state index < -0.39 is 159 Å². The number of carboxylic acids is 2. The van der Waals surface area contributed by atoms with Gasteiger partial charge in [-0.1, -0.05) is 43.1 Å². The van der Waals surface area contributed by atoms with Crippen molar-refractivity contribution in [3.63, 3.8) is 0 Å². The van der Waals surface area contributed by atoms with Gasteiger partial charge in [0, 0.05) is 45.6 Å². The van der Waals surface area contributed by atoms with Crippen LogP contribution in [0.4, 0.5) is 0 Å². The predicted molar refractivity (Wildman–Crippen MR) is 268 cm³/mol. The Hall–Kier alpha value is -3.20. The fourth-order valence-electron chi connectivity index (χ4n) is 7.14. The van der Waals surface area contributed by atoms with Crippen LogP contribution in [0.5, 0.6) is 0 Å². The van der Waals surface area contributed by atoms with Gasteiger partial charge in [-0.2, -0.15) is 0 Å². The molecular weight excluding hydrogens is 1210 g/mol. The van der Waals surface area contributed by atoms with E-state index in [1.165, 1.54) is 20.8 Å². The Labute approximate surface area is 476 Å². The van der Waals surface area contributed by atoms with Crippen LogP contribution in [0, 0.1) is 11.8 Å². The lowest BCUT2D eigenvalue weighted by Gasteiger charge is -2.38. The summed E-state index contributed by atoms with van der Waals surface area (Å²) in [6.45, 7) is 2.38. The minimum absolute atomic E-state index is 0. The van der Waals surface area contributed by atoms with Gasteiger partial charge >= 0.3 is 0 Å². The summed E-state index contributed by atoms with van der Waals surface area (Å²) in [5.41, 5.74) is 0. The molecule has 5 fully saturated rings. The first-order valence-electron chi connectivity index (χ1n) is 21.8. The second kappa shape index (κ2) is 44.3. The molecule has 5 rings (SSSR count). The maximum Gasteiger partial charge on any atom is 0.218 e. The summed E-state index contributed by atoms with van der Waals surface area (Å²) in [6.07, 6.45) is -7.84. The summed E-state index contributed by atoms with van der Waals surface area (Å²) < 4.78 is 158. The Bertz CT molecular complexity index is 2140. The van der Waals surface area contributed by atoms with Gasteiger partial charge in [0.25, 0.3) is 0 Å². The fourth-order valence-corrected chi connectivity index (χ4v) is 8.73. The highest BCUT2D eigenvalue weighted by Gasteiger charge is 2.39. The molecule has 0 radical (unpaired) electrons. The third kappa shape index (κ3) is 41.8. The lowest BCUT2D eigenvalue weighted by atomic mass is 9.88. The molecule has 0 bridgehead atoms. The van der Waals surface area contributed by atoms with Crippen molar-refractivity contribution < 1.29 is 169 Å². The number of aliphatic hydroxyl groups excluding tert-OH is 6. The number of hydrogen-bond donors (Lipinski definition) is 8. The van der Waals surface area contributed by atoms with Crippen molar-refractivity contribution in [1.82, 2.24) is 10.6 Å². The molecule has 4 saturated heterocycles. The highest BCUT2D eigenvalue weighted by Crippen LogP contribution is 2.25. The number of aliphatic hydroxyl groups is 6. The van der Waals surface area contributed by atoms with Crippen molar-refractivity contribution in [2.45, 2.75) is 175 Å². The van der Waals surface area contributed by atoms with Crippen LogP contribution >= 0.6 is 0 Å². The Morgan fingerprint density at radius 1 is 0.549 bits per heavy atom. The van der Waals surface area contributed by atoms with Crippen LogP contribution in [0.2, 0.25) is 0 Å². The van der Waals surface area contributed by atoms with E-state index in [1.807, 2.05) is 0 Å². The minimum atomic E-state index is -4.97. The van der Waals surface area contributed by atoms with Crippen molar-refractivity contribution in [2.75, 3.05) is 46.2 Å². The van der Waals surface area contributed by atoms with Crippen molar-refractivity contribution in [3.05, 3.63) is 0 Å². The van der Waals surface area contributed by atoms with Crippen LogP contribution in [0.25, 0.3) is 0 Å². The van der Waals surface area contributed by atoms with Crippen molar-refractivity contribution in [3.8, 4) is 0 Å². The quantitative estimate of drug-likeness (QED) is 0.0557. The Morgan fingerprint density at radius 2 is 0.951 bits per heavy atom. The summed E-state index contributed by atoms with van der Waals surface area (Å²) in [6, 6.07) is -1.07. The van der Waals surface area contributed by atoms with E-state index in [2.05, 4.69) is 32.1 Å². The molecule has 1 aliphatic carbocycles.